The van der Waals surface area contributed by atoms with E-state index >= 15 is 0 Å². The maximum atomic E-state index is 12.5. The highest BCUT2D eigenvalue weighted by Gasteiger charge is 2.28. The van der Waals surface area contributed by atoms with E-state index in [4.69, 9.17) is 27.6 Å². The first kappa shape index (κ1) is 24.0. The molecule has 0 radical (unpaired) electrons. The van der Waals surface area contributed by atoms with E-state index in [2.05, 4.69) is 0 Å². The van der Waals surface area contributed by atoms with Crippen LogP contribution >= 0.6 is 23.2 Å². The summed E-state index contributed by atoms with van der Waals surface area (Å²) in [6, 6.07) is 31.7. The van der Waals surface area contributed by atoms with Crippen LogP contribution in [-0.2, 0) is 17.8 Å². The van der Waals surface area contributed by atoms with E-state index in [1.807, 2.05) is 89.8 Å². The Balaban J connectivity index is 1.47. The first-order valence-corrected chi connectivity index (χ1v) is 12.3. The zero-order chi connectivity index (χ0) is 25.1. The Morgan fingerprint density at radius 3 is 2.25 bits per heavy atom. The molecule has 6 heteroatoms. The highest BCUT2D eigenvalue weighted by atomic mass is 35.5. The fraction of sp³-hybridized carbons (Fsp3) is 0.100. The molecule has 1 unspecified atom stereocenters. The van der Waals surface area contributed by atoms with Crippen LogP contribution < -0.4 is 4.90 Å². The van der Waals surface area contributed by atoms with Crippen LogP contribution in [0.1, 0.15) is 11.1 Å². The number of carboxylic acid groups (broad SMARTS) is 1. The average Bonchev–Trinajstić information content (AvgIpc) is 3.32. The van der Waals surface area contributed by atoms with E-state index in [0.717, 1.165) is 33.4 Å². The lowest BCUT2D eigenvalue weighted by molar-refractivity contribution is -0.138. The average molecular weight is 516 g/mol. The number of halogens is 2. The van der Waals surface area contributed by atoms with Crippen molar-refractivity contribution in [3.63, 3.8) is 0 Å². The van der Waals surface area contributed by atoms with E-state index in [1.54, 1.807) is 18.2 Å². The summed E-state index contributed by atoms with van der Waals surface area (Å²) >= 11 is 12.7. The van der Waals surface area contributed by atoms with Gasteiger partial charge in [0.15, 0.2) is 0 Å². The molecule has 0 fully saturated rings. The molecule has 36 heavy (non-hydrogen) atoms. The van der Waals surface area contributed by atoms with Crippen molar-refractivity contribution in [2.24, 2.45) is 0 Å². The Hall–Kier alpha value is -3.73. The fourth-order valence-electron chi connectivity index (χ4n) is 4.34. The number of benzene rings is 4. The number of carbonyl (C=O) groups is 1. The number of carboxylic acids is 1. The van der Waals surface area contributed by atoms with Gasteiger partial charge in [0.1, 0.15) is 17.4 Å². The normalized spacial score (nSPS) is 11.9. The lowest BCUT2D eigenvalue weighted by atomic mass is 10.0. The maximum absolute atomic E-state index is 12.5. The molecule has 0 saturated carbocycles. The van der Waals surface area contributed by atoms with Gasteiger partial charge in [0.25, 0.3) is 0 Å². The number of fused-ring (bicyclic) bond motifs is 1. The lowest BCUT2D eigenvalue weighted by Gasteiger charge is -2.32. The lowest BCUT2D eigenvalue weighted by Crippen LogP contribution is -2.42. The topological polar surface area (TPSA) is 53.7 Å². The molecular weight excluding hydrogens is 493 g/mol. The summed E-state index contributed by atoms with van der Waals surface area (Å²) in [4.78, 5) is 14.3. The third-order valence-electron chi connectivity index (χ3n) is 6.17. The Morgan fingerprint density at radius 2 is 1.56 bits per heavy atom. The van der Waals surface area contributed by atoms with E-state index < -0.39 is 12.0 Å². The van der Waals surface area contributed by atoms with Gasteiger partial charge in [-0.1, -0.05) is 96.0 Å². The molecule has 180 valence electrons. The van der Waals surface area contributed by atoms with Gasteiger partial charge in [0, 0.05) is 28.9 Å². The van der Waals surface area contributed by atoms with Crippen molar-refractivity contribution in [2.75, 3.05) is 4.90 Å². The van der Waals surface area contributed by atoms with E-state index in [-0.39, 0.29) is 0 Å². The molecule has 1 atom stereocenters. The second-order valence-electron chi connectivity index (χ2n) is 8.61. The summed E-state index contributed by atoms with van der Waals surface area (Å²) in [5.41, 5.74) is 4.28. The van der Waals surface area contributed by atoms with Gasteiger partial charge in [0.05, 0.1) is 10.7 Å². The molecule has 0 spiro atoms. The van der Waals surface area contributed by atoms with Gasteiger partial charge < -0.3 is 14.4 Å². The molecule has 1 aromatic heterocycles. The second-order valence-corrected chi connectivity index (χ2v) is 9.46. The van der Waals surface area contributed by atoms with Crippen LogP contribution in [0.4, 0.5) is 5.69 Å². The maximum Gasteiger partial charge on any atom is 0.326 e. The van der Waals surface area contributed by atoms with Gasteiger partial charge in [-0.3, -0.25) is 0 Å². The van der Waals surface area contributed by atoms with E-state index in [0.29, 0.717) is 28.7 Å². The molecule has 0 aliphatic rings. The third kappa shape index (κ3) is 5.25. The highest BCUT2D eigenvalue weighted by Crippen LogP contribution is 2.33. The molecule has 1 N–H and O–H groups in total. The van der Waals surface area contributed by atoms with Crippen LogP contribution in [0, 0.1) is 0 Å². The van der Waals surface area contributed by atoms with Crippen LogP contribution in [0.2, 0.25) is 10.0 Å². The second kappa shape index (κ2) is 10.5. The van der Waals surface area contributed by atoms with Gasteiger partial charge in [-0.05, 0) is 41.5 Å². The first-order chi connectivity index (χ1) is 17.5. The summed E-state index contributed by atoms with van der Waals surface area (Å²) in [6.07, 6.45) is 0.326. The Kier molecular flexibility index (Phi) is 6.99. The summed E-state index contributed by atoms with van der Waals surface area (Å²) in [5.74, 6) is -0.142. The van der Waals surface area contributed by atoms with Crippen molar-refractivity contribution < 1.29 is 14.3 Å². The van der Waals surface area contributed by atoms with E-state index in [9.17, 15) is 9.90 Å². The minimum absolute atomic E-state index is 0.326. The molecule has 0 amide bonds. The van der Waals surface area contributed by atoms with Crippen LogP contribution in [0.3, 0.4) is 0 Å². The standard InChI is InChI=1S/C30H23Cl2NO3/c31-24-14-15-26(25(32)18-24)33(27(30(34)35)16-20-6-2-1-3-7-20)19-21-10-12-22(13-11-21)29-17-23-8-4-5-9-28(23)36-29/h1-15,17-18,27H,16,19H2,(H,34,35). The monoisotopic (exact) mass is 515 g/mol. The zero-order valence-corrected chi connectivity index (χ0v) is 20.8. The van der Waals surface area contributed by atoms with Gasteiger partial charge in [0.2, 0.25) is 0 Å². The molecular formula is C30H23Cl2NO3. The number of furan rings is 1. The number of aliphatic carboxylic acids is 1. The van der Waals surface area contributed by atoms with Crippen LogP contribution in [0.25, 0.3) is 22.3 Å². The number of hydrogen-bond donors (Lipinski definition) is 1. The van der Waals surface area contributed by atoms with E-state index in [1.165, 1.54) is 0 Å². The summed E-state index contributed by atoms with van der Waals surface area (Å²) in [5, 5.41) is 12.2. The number of hydrogen-bond acceptors (Lipinski definition) is 3. The smallest absolute Gasteiger partial charge is 0.326 e. The number of rotatable bonds is 8. The van der Waals surface area contributed by atoms with Gasteiger partial charge in [-0.2, -0.15) is 0 Å². The molecule has 4 nitrogen and oxygen atoms in total. The largest absolute Gasteiger partial charge is 0.480 e. The van der Waals surface area contributed by atoms with Crippen molar-refractivity contribution in [2.45, 2.75) is 19.0 Å². The molecule has 0 bridgehead atoms. The van der Waals surface area contributed by atoms with Crippen molar-refractivity contribution in [1.29, 1.82) is 0 Å². The van der Waals surface area contributed by atoms with Gasteiger partial charge in [-0.15, -0.1) is 0 Å². The van der Waals surface area contributed by atoms with Crippen molar-refractivity contribution in [3.05, 3.63) is 124 Å². The summed E-state index contributed by atoms with van der Waals surface area (Å²) < 4.78 is 5.99. The van der Waals surface area contributed by atoms with Crippen LogP contribution in [-0.4, -0.2) is 17.1 Å². The Morgan fingerprint density at radius 1 is 0.833 bits per heavy atom. The minimum Gasteiger partial charge on any atom is -0.480 e. The predicted octanol–water partition coefficient (Wildman–Crippen LogP) is 8.11. The molecule has 5 aromatic rings. The summed E-state index contributed by atoms with van der Waals surface area (Å²) in [7, 11) is 0. The molecule has 0 saturated heterocycles. The number of para-hydroxylation sites is 1. The molecule has 1 heterocycles. The van der Waals surface area contributed by atoms with Gasteiger partial charge in [-0.25, -0.2) is 4.79 Å². The molecule has 0 aliphatic carbocycles. The fourth-order valence-corrected chi connectivity index (χ4v) is 4.86. The predicted molar refractivity (Wildman–Crippen MR) is 146 cm³/mol. The Bertz CT molecular complexity index is 1460. The van der Waals surface area contributed by atoms with Crippen molar-refractivity contribution in [1.82, 2.24) is 0 Å². The number of anilines is 1. The quantitative estimate of drug-likeness (QED) is 0.226. The highest BCUT2D eigenvalue weighted by molar-refractivity contribution is 6.36. The summed E-state index contributed by atoms with van der Waals surface area (Å²) in [6.45, 7) is 0.353. The SMILES string of the molecule is O=C(O)C(Cc1ccccc1)N(Cc1ccc(-c2cc3ccccc3o2)cc1)c1ccc(Cl)cc1Cl. The van der Waals surface area contributed by atoms with Crippen molar-refractivity contribution >= 4 is 45.8 Å². The minimum atomic E-state index is -0.927. The molecule has 5 rings (SSSR count). The number of nitrogens with zero attached hydrogens (tertiary/aromatic N) is 1. The third-order valence-corrected chi connectivity index (χ3v) is 6.71. The van der Waals surface area contributed by atoms with Crippen LogP contribution in [0.15, 0.2) is 108 Å². The first-order valence-electron chi connectivity index (χ1n) is 11.5. The zero-order valence-electron chi connectivity index (χ0n) is 19.3. The van der Waals surface area contributed by atoms with Crippen molar-refractivity contribution in [3.8, 4) is 11.3 Å². The Labute approximate surface area is 219 Å². The molecule has 0 aliphatic heterocycles. The van der Waals surface area contributed by atoms with Gasteiger partial charge >= 0.3 is 5.97 Å². The van der Waals surface area contributed by atoms with Crippen LogP contribution in [0.5, 0.6) is 0 Å². The molecule has 4 aromatic carbocycles.